The van der Waals surface area contributed by atoms with Gasteiger partial charge in [0.1, 0.15) is 6.07 Å². The van der Waals surface area contributed by atoms with Crippen LogP contribution < -0.4 is 0 Å². The summed E-state index contributed by atoms with van der Waals surface area (Å²) in [5.74, 6) is 0. The van der Waals surface area contributed by atoms with Crippen molar-refractivity contribution in [3.63, 3.8) is 0 Å². The molecule has 0 N–H and O–H groups in total. The van der Waals surface area contributed by atoms with Gasteiger partial charge in [0, 0.05) is 10.8 Å². The zero-order chi connectivity index (χ0) is 15.4. The maximum absolute atomic E-state index is 9.51. The third-order valence-corrected chi connectivity index (χ3v) is 3.58. The van der Waals surface area contributed by atoms with Crippen LogP contribution in [0.4, 0.5) is 0 Å². The summed E-state index contributed by atoms with van der Waals surface area (Å²) in [6, 6.07) is 23.6. The van der Waals surface area contributed by atoms with E-state index in [0.29, 0.717) is 11.1 Å². The number of rotatable bonds is 2. The SMILES string of the molecule is N#Cc1cccc2c(C#N)c(C=Cc3ccccc3)ccc12. The van der Waals surface area contributed by atoms with Crippen molar-refractivity contribution in [2.75, 3.05) is 0 Å². The van der Waals surface area contributed by atoms with Gasteiger partial charge in [-0.3, -0.25) is 0 Å². The second-order valence-electron chi connectivity index (χ2n) is 4.90. The minimum Gasteiger partial charge on any atom is -0.192 e. The molecule has 0 amide bonds. The van der Waals surface area contributed by atoms with Gasteiger partial charge >= 0.3 is 0 Å². The summed E-state index contributed by atoms with van der Waals surface area (Å²) in [4.78, 5) is 0. The molecule has 0 spiro atoms. The number of fused-ring (bicyclic) bond motifs is 1. The van der Waals surface area contributed by atoms with Gasteiger partial charge in [0.25, 0.3) is 0 Å². The van der Waals surface area contributed by atoms with Crippen LogP contribution in [0, 0.1) is 22.7 Å². The van der Waals surface area contributed by atoms with E-state index >= 15 is 0 Å². The monoisotopic (exact) mass is 280 g/mol. The summed E-state index contributed by atoms with van der Waals surface area (Å²) in [6.07, 6.45) is 3.92. The lowest BCUT2D eigenvalue weighted by Crippen LogP contribution is -1.88. The fraction of sp³-hybridized carbons (Fsp3) is 0. The Bertz CT molecular complexity index is 939. The van der Waals surface area contributed by atoms with E-state index in [1.807, 2.05) is 66.7 Å². The van der Waals surface area contributed by atoms with E-state index in [2.05, 4.69) is 12.1 Å². The number of nitrogens with zero attached hydrogens (tertiary/aromatic N) is 2. The molecule has 0 aliphatic heterocycles. The molecule has 102 valence electrons. The minimum atomic E-state index is 0.590. The van der Waals surface area contributed by atoms with Crippen LogP contribution >= 0.6 is 0 Å². The van der Waals surface area contributed by atoms with Crippen LogP contribution in [-0.4, -0.2) is 0 Å². The predicted molar refractivity (Wildman–Crippen MR) is 88.7 cm³/mol. The first-order valence-electron chi connectivity index (χ1n) is 6.92. The second-order valence-corrected chi connectivity index (χ2v) is 4.90. The molecular formula is C20H12N2. The molecule has 3 aromatic rings. The topological polar surface area (TPSA) is 47.6 Å². The van der Waals surface area contributed by atoms with Crippen LogP contribution in [-0.2, 0) is 0 Å². The molecule has 3 aromatic carbocycles. The molecule has 2 nitrogen and oxygen atoms in total. The number of hydrogen-bond acceptors (Lipinski definition) is 2. The Morgan fingerprint density at radius 2 is 1.50 bits per heavy atom. The Labute approximate surface area is 129 Å². The van der Waals surface area contributed by atoms with Gasteiger partial charge in [-0.2, -0.15) is 10.5 Å². The lowest BCUT2D eigenvalue weighted by atomic mass is 9.96. The number of hydrogen-bond donors (Lipinski definition) is 0. The van der Waals surface area contributed by atoms with Crippen molar-refractivity contribution in [1.29, 1.82) is 10.5 Å². The van der Waals surface area contributed by atoms with Crippen LogP contribution in [0.2, 0.25) is 0 Å². The normalized spacial score (nSPS) is 10.5. The molecule has 2 heteroatoms. The van der Waals surface area contributed by atoms with Crippen molar-refractivity contribution >= 4 is 22.9 Å². The third kappa shape index (κ3) is 2.46. The lowest BCUT2D eigenvalue weighted by Gasteiger charge is -2.05. The molecule has 0 aliphatic rings. The van der Waals surface area contributed by atoms with E-state index in [-0.39, 0.29) is 0 Å². The fourth-order valence-corrected chi connectivity index (χ4v) is 2.49. The quantitative estimate of drug-likeness (QED) is 0.636. The first kappa shape index (κ1) is 13.6. The summed E-state index contributed by atoms with van der Waals surface area (Å²) >= 11 is 0. The minimum absolute atomic E-state index is 0.590. The van der Waals surface area contributed by atoms with Crippen LogP contribution in [0.3, 0.4) is 0 Å². The van der Waals surface area contributed by atoms with E-state index in [0.717, 1.165) is 21.9 Å². The van der Waals surface area contributed by atoms with Crippen molar-refractivity contribution in [1.82, 2.24) is 0 Å². The highest BCUT2D eigenvalue weighted by Gasteiger charge is 2.08. The molecule has 0 unspecified atom stereocenters. The number of nitriles is 2. The Morgan fingerprint density at radius 1 is 0.682 bits per heavy atom. The molecule has 0 radical (unpaired) electrons. The Morgan fingerprint density at radius 3 is 2.23 bits per heavy atom. The molecule has 0 aromatic heterocycles. The van der Waals surface area contributed by atoms with Crippen molar-refractivity contribution in [3.8, 4) is 12.1 Å². The molecule has 3 rings (SSSR count). The van der Waals surface area contributed by atoms with E-state index in [1.165, 1.54) is 0 Å². The molecule has 0 aliphatic carbocycles. The zero-order valence-corrected chi connectivity index (χ0v) is 11.8. The maximum Gasteiger partial charge on any atom is 0.100 e. The number of benzene rings is 3. The summed E-state index contributed by atoms with van der Waals surface area (Å²) in [5, 5.41) is 20.3. The summed E-state index contributed by atoms with van der Waals surface area (Å²) in [5.41, 5.74) is 3.13. The Balaban J connectivity index is 2.14. The molecule has 22 heavy (non-hydrogen) atoms. The lowest BCUT2D eigenvalue weighted by molar-refractivity contribution is 1.48. The third-order valence-electron chi connectivity index (χ3n) is 3.58. The molecule has 0 atom stereocenters. The first-order valence-corrected chi connectivity index (χ1v) is 6.92. The molecular weight excluding hydrogens is 268 g/mol. The Hall–Kier alpha value is -3.36. The standard InChI is InChI=1S/C20H12N2/c21-13-17-7-4-8-19-18(17)12-11-16(20(19)14-22)10-9-15-5-2-1-3-6-15/h1-12H. The molecule has 0 saturated heterocycles. The zero-order valence-electron chi connectivity index (χ0n) is 11.8. The highest BCUT2D eigenvalue weighted by atomic mass is 14.3. The fourth-order valence-electron chi connectivity index (χ4n) is 2.49. The smallest absolute Gasteiger partial charge is 0.100 e. The molecule has 0 bridgehead atoms. The van der Waals surface area contributed by atoms with E-state index in [9.17, 15) is 10.5 Å². The van der Waals surface area contributed by atoms with Crippen molar-refractivity contribution in [3.05, 3.63) is 82.9 Å². The molecule has 0 fully saturated rings. The average molecular weight is 280 g/mol. The van der Waals surface area contributed by atoms with Gasteiger partial charge < -0.3 is 0 Å². The first-order chi connectivity index (χ1) is 10.8. The highest BCUT2D eigenvalue weighted by molar-refractivity contribution is 5.95. The van der Waals surface area contributed by atoms with Crippen molar-refractivity contribution in [2.45, 2.75) is 0 Å². The molecule has 0 saturated carbocycles. The maximum atomic E-state index is 9.51. The van der Waals surface area contributed by atoms with Gasteiger partial charge in [0.2, 0.25) is 0 Å². The van der Waals surface area contributed by atoms with E-state index in [1.54, 1.807) is 6.07 Å². The van der Waals surface area contributed by atoms with Crippen LogP contribution in [0.25, 0.3) is 22.9 Å². The van der Waals surface area contributed by atoms with Gasteiger partial charge in [0.15, 0.2) is 0 Å². The van der Waals surface area contributed by atoms with Gasteiger partial charge in [-0.25, -0.2) is 0 Å². The van der Waals surface area contributed by atoms with Crippen molar-refractivity contribution in [2.24, 2.45) is 0 Å². The van der Waals surface area contributed by atoms with Gasteiger partial charge in [0.05, 0.1) is 17.2 Å². The van der Waals surface area contributed by atoms with Gasteiger partial charge in [-0.1, -0.05) is 66.7 Å². The highest BCUT2D eigenvalue weighted by Crippen LogP contribution is 2.26. The van der Waals surface area contributed by atoms with Crippen molar-refractivity contribution < 1.29 is 0 Å². The predicted octanol–water partition coefficient (Wildman–Crippen LogP) is 4.75. The van der Waals surface area contributed by atoms with E-state index in [4.69, 9.17) is 0 Å². The van der Waals surface area contributed by atoms with Gasteiger partial charge in [-0.05, 0) is 17.2 Å². The molecule has 0 heterocycles. The summed E-state index contributed by atoms with van der Waals surface area (Å²) < 4.78 is 0. The van der Waals surface area contributed by atoms with E-state index < -0.39 is 0 Å². The summed E-state index contributed by atoms with van der Waals surface area (Å²) in [6.45, 7) is 0. The van der Waals surface area contributed by atoms with Gasteiger partial charge in [-0.15, -0.1) is 0 Å². The Kier molecular flexibility index (Phi) is 3.69. The summed E-state index contributed by atoms with van der Waals surface area (Å²) in [7, 11) is 0. The average Bonchev–Trinajstić information content (AvgIpc) is 2.59. The van der Waals surface area contributed by atoms with Crippen LogP contribution in [0.1, 0.15) is 22.3 Å². The second kappa shape index (κ2) is 5.95. The largest absolute Gasteiger partial charge is 0.192 e. The van der Waals surface area contributed by atoms with Crippen LogP contribution in [0.15, 0.2) is 60.7 Å². The van der Waals surface area contributed by atoms with Crippen LogP contribution in [0.5, 0.6) is 0 Å².